The minimum Gasteiger partial charge on any atom is -0.490 e. The number of benzene rings is 2. The Morgan fingerprint density at radius 1 is 1.05 bits per heavy atom. The highest BCUT2D eigenvalue weighted by atomic mass is 16.5. The van der Waals surface area contributed by atoms with E-state index in [2.05, 4.69) is 21.2 Å². The Labute approximate surface area is 239 Å². The van der Waals surface area contributed by atoms with Crippen LogP contribution < -0.4 is 35.0 Å². The fourth-order valence-electron chi connectivity index (χ4n) is 4.04. The molecule has 2 amide bonds. The van der Waals surface area contributed by atoms with E-state index in [0.29, 0.717) is 47.5 Å². The summed E-state index contributed by atoms with van der Waals surface area (Å²) in [5.74, 6) is 1.42. The van der Waals surface area contributed by atoms with Crippen LogP contribution in [-0.4, -0.2) is 62.6 Å². The van der Waals surface area contributed by atoms with Crippen LogP contribution in [0.2, 0.25) is 0 Å². The molecule has 0 aromatic heterocycles. The molecule has 0 saturated heterocycles. The van der Waals surface area contributed by atoms with Crippen molar-refractivity contribution in [2.45, 2.75) is 53.0 Å². The lowest BCUT2D eigenvalue weighted by atomic mass is 9.95. The molecule has 1 aliphatic rings. The van der Waals surface area contributed by atoms with Crippen LogP contribution in [0.5, 0.6) is 23.0 Å². The van der Waals surface area contributed by atoms with Gasteiger partial charge in [0.15, 0.2) is 29.2 Å². The van der Waals surface area contributed by atoms with Crippen LogP contribution in [0, 0.1) is 0 Å². The Hall–Kier alpha value is -4.45. The smallest absolute Gasteiger partial charge is 0.337 e. The summed E-state index contributed by atoms with van der Waals surface area (Å²) in [4.78, 5) is 24.5. The van der Waals surface area contributed by atoms with Gasteiger partial charge in [0.25, 0.3) is 0 Å². The molecule has 1 aliphatic heterocycles. The molecule has 1 heterocycles. The molecular formula is C29H38N4O8. The van der Waals surface area contributed by atoms with Gasteiger partial charge < -0.3 is 39.4 Å². The molecule has 0 aliphatic carbocycles. The predicted molar refractivity (Wildman–Crippen MR) is 152 cm³/mol. The Morgan fingerprint density at radius 3 is 2.39 bits per heavy atom. The van der Waals surface area contributed by atoms with Crippen LogP contribution in [0.1, 0.15) is 51.8 Å². The van der Waals surface area contributed by atoms with E-state index in [1.54, 1.807) is 37.4 Å². The number of carbonyl (C=O) groups is 2. The van der Waals surface area contributed by atoms with Gasteiger partial charge in [-0.05, 0) is 76.1 Å². The molecule has 0 spiro atoms. The highest BCUT2D eigenvalue weighted by Crippen LogP contribution is 2.35. The van der Waals surface area contributed by atoms with E-state index in [1.165, 1.54) is 7.11 Å². The number of nitrogens with zero attached hydrogens (tertiary/aromatic N) is 1. The van der Waals surface area contributed by atoms with Crippen molar-refractivity contribution in [1.29, 1.82) is 0 Å². The molecule has 0 unspecified atom stereocenters. The summed E-state index contributed by atoms with van der Waals surface area (Å²) in [5.41, 5.74) is 4.64. The van der Waals surface area contributed by atoms with Gasteiger partial charge in [0.2, 0.25) is 0 Å². The van der Waals surface area contributed by atoms with Gasteiger partial charge in [-0.15, -0.1) is 0 Å². The fourth-order valence-corrected chi connectivity index (χ4v) is 4.04. The fraction of sp³-hybridized carbons (Fsp3) is 0.414. The minimum atomic E-state index is -1.13. The van der Waals surface area contributed by atoms with Crippen molar-refractivity contribution in [3.8, 4) is 23.0 Å². The third kappa shape index (κ3) is 8.52. The van der Waals surface area contributed by atoms with E-state index >= 15 is 0 Å². The number of methoxy groups -OCH3 is 1. The topological polar surface area (TPSA) is 149 Å². The normalized spacial score (nSPS) is 15.7. The number of allylic oxidation sites excluding steroid dienone is 1. The highest BCUT2D eigenvalue weighted by molar-refractivity contribution is 5.95. The van der Waals surface area contributed by atoms with Crippen LogP contribution in [0.25, 0.3) is 0 Å². The zero-order valence-electron chi connectivity index (χ0n) is 24.1. The molecule has 2 aromatic carbocycles. The average Bonchev–Trinajstić information content (AvgIpc) is 2.93. The number of hydrogen-bond donors (Lipinski definition) is 4. The van der Waals surface area contributed by atoms with Crippen molar-refractivity contribution in [1.82, 2.24) is 16.1 Å². The van der Waals surface area contributed by atoms with Gasteiger partial charge in [0.1, 0.15) is 6.61 Å². The third-order valence-corrected chi connectivity index (χ3v) is 5.74. The number of nitrogens with one attached hydrogen (secondary N) is 3. The molecule has 222 valence electrons. The molecule has 12 heteroatoms. The van der Waals surface area contributed by atoms with E-state index in [9.17, 15) is 14.7 Å². The van der Waals surface area contributed by atoms with Crippen LogP contribution in [0.15, 0.2) is 52.8 Å². The van der Waals surface area contributed by atoms with E-state index in [-0.39, 0.29) is 18.3 Å². The Bertz CT molecular complexity index is 1280. The van der Waals surface area contributed by atoms with Crippen LogP contribution in [0.4, 0.5) is 4.79 Å². The molecule has 0 radical (unpaired) electrons. The number of amides is 2. The lowest BCUT2D eigenvalue weighted by Gasteiger charge is -2.28. The first-order valence-electron chi connectivity index (χ1n) is 13.3. The van der Waals surface area contributed by atoms with Gasteiger partial charge in [-0.2, -0.15) is 5.10 Å². The van der Waals surface area contributed by atoms with Gasteiger partial charge in [-0.1, -0.05) is 6.07 Å². The number of carbonyl (C=O) groups excluding carboxylic acids is 2. The van der Waals surface area contributed by atoms with Crippen molar-refractivity contribution < 1.29 is 38.4 Å². The largest absolute Gasteiger partial charge is 0.490 e. The maximum atomic E-state index is 12.4. The highest BCUT2D eigenvalue weighted by Gasteiger charge is 2.32. The first kappa shape index (κ1) is 31.1. The van der Waals surface area contributed by atoms with Gasteiger partial charge in [-0.25, -0.2) is 9.59 Å². The van der Waals surface area contributed by atoms with Gasteiger partial charge in [-0.3, -0.25) is 5.43 Å². The molecule has 0 bridgehead atoms. The number of esters is 1. The molecule has 4 N–H and O–H groups in total. The molecule has 41 heavy (non-hydrogen) atoms. The number of hydrogen-bond acceptors (Lipinski definition) is 10. The third-order valence-electron chi connectivity index (χ3n) is 5.74. The number of rotatable bonds is 14. The van der Waals surface area contributed by atoms with Crippen molar-refractivity contribution in [2.75, 3.05) is 26.9 Å². The summed E-state index contributed by atoms with van der Waals surface area (Å²) in [6, 6.07) is 9.27. The molecule has 12 nitrogen and oxygen atoms in total. The van der Waals surface area contributed by atoms with E-state index in [0.717, 1.165) is 5.56 Å². The number of ether oxygens (including phenoxy) is 5. The summed E-state index contributed by atoms with van der Waals surface area (Å²) in [6.45, 7) is 9.91. The van der Waals surface area contributed by atoms with Crippen LogP contribution in [0.3, 0.4) is 0 Å². The Kier molecular flexibility index (Phi) is 11.2. The summed E-state index contributed by atoms with van der Waals surface area (Å²) >= 11 is 0. The quantitative estimate of drug-likeness (QED) is 0.116. The summed E-state index contributed by atoms with van der Waals surface area (Å²) in [6.07, 6.45) is 0.428. The van der Waals surface area contributed by atoms with Gasteiger partial charge >= 0.3 is 12.0 Å². The first-order chi connectivity index (χ1) is 19.7. The maximum absolute atomic E-state index is 12.4. The molecule has 2 aromatic rings. The molecule has 3 rings (SSSR count). The monoisotopic (exact) mass is 570 g/mol. The maximum Gasteiger partial charge on any atom is 0.337 e. The SMILES string of the molecule is CCOc1cc([C@@H]2NC(=O)NC(C)=C2C(=O)OC)ccc1OC[C@@H](O)N/N=C/c1ccc(OC(C)C)c(OCC)c1. The van der Waals surface area contributed by atoms with E-state index in [1.807, 2.05) is 39.8 Å². The Balaban J connectivity index is 1.67. The summed E-state index contributed by atoms with van der Waals surface area (Å²) in [5, 5.41) is 19.8. The number of urea groups is 1. The van der Waals surface area contributed by atoms with Gasteiger partial charge in [0.05, 0.1) is 44.3 Å². The second kappa shape index (κ2) is 14.8. The second-order valence-electron chi connectivity index (χ2n) is 9.22. The van der Waals surface area contributed by atoms with Crippen molar-refractivity contribution in [3.63, 3.8) is 0 Å². The van der Waals surface area contributed by atoms with E-state index in [4.69, 9.17) is 23.7 Å². The molecule has 2 atom stereocenters. The molecule has 0 fully saturated rings. The predicted octanol–water partition coefficient (Wildman–Crippen LogP) is 3.39. The van der Waals surface area contributed by atoms with E-state index < -0.39 is 24.3 Å². The van der Waals surface area contributed by atoms with Crippen molar-refractivity contribution in [3.05, 3.63) is 58.8 Å². The number of aliphatic hydroxyl groups excluding tert-OH is 1. The minimum absolute atomic E-state index is 0.00813. The number of hydrazone groups is 1. The van der Waals surface area contributed by atoms with Gasteiger partial charge in [0, 0.05) is 5.70 Å². The second-order valence-corrected chi connectivity index (χ2v) is 9.22. The molecule has 0 saturated carbocycles. The summed E-state index contributed by atoms with van der Waals surface area (Å²) < 4.78 is 27.9. The standard InChI is InChI=1S/C29H38N4O8/c1-7-38-23-13-19(9-11-22(23)41-17(3)4)15-30-33-25(34)16-40-21-12-10-20(14-24(21)39-8-2)27-26(28(35)37-6)18(5)31-29(36)32-27/h9-15,17,25,27,33-34H,7-8,16H2,1-6H3,(H2,31,32,36)/b30-15+/t25-,27+/m1/s1. The lowest BCUT2D eigenvalue weighted by molar-refractivity contribution is -0.136. The zero-order valence-corrected chi connectivity index (χ0v) is 24.1. The first-order valence-corrected chi connectivity index (χ1v) is 13.3. The zero-order chi connectivity index (χ0) is 29.9. The Morgan fingerprint density at radius 2 is 1.73 bits per heavy atom. The summed E-state index contributed by atoms with van der Waals surface area (Å²) in [7, 11) is 1.28. The van der Waals surface area contributed by atoms with Crippen LogP contribution >= 0.6 is 0 Å². The van der Waals surface area contributed by atoms with Crippen LogP contribution in [-0.2, 0) is 9.53 Å². The number of aliphatic hydroxyl groups is 1. The van der Waals surface area contributed by atoms with Crippen molar-refractivity contribution in [2.24, 2.45) is 5.10 Å². The average molecular weight is 571 g/mol. The lowest BCUT2D eigenvalue weighted by Crippen LogP contribution is -2.45. The molecular weight excluding hydrogens is 532 g/mol. The van der Waals surface area contributed by atoms with Crippen molar-refractivity contribution >= 4 is 18.2 Å².